The molecular weight excluding hydrogens is 552 g/mol. The molecule has 3 atom stereocenters. The van der Waals surface area contributed by atoms with Crippen molar-refractivity contribution in [2.24, 2.45) is 21.9 Å². The van der Waals surface area contributed by atoms with Crippen molar-refractivity contribution in [2.45, 2.75) is 79.7 Å². The highest BCUT2D eigenvalue weighted by molar-refractivity contribution is 5.84. The highest BCUT2D eigenvalue weighted by Gasteiger charge is 2.22. The fourth-order valence-electron chi connectivity index (χ4n) is 6.20. The maximum atomic E-state index is 4.66. The van der Waals surface area contributed by atoms with Crippen LogP contribution in [0.2, 0.25) is 0 Å². The van der Waals surface area contributed by atoms with Crippen LogP contribution in [0.15, 0.2) is 95.3 Å². The smallest absolute Gasteiger partial charge is 0.116 e. The van der Waals surface area contributed by atoms with Crippen LogP contribution in [0.4, 0.5) is 17.1 Å². The summed E-state index contributed by atoms with van der Waals surface area (Å²) >= 11 is 0. The molecular formula is C39H56N6. The first-order valence-electron chi connectivity index (χ1n) is 17.1. The van der Waals surface area contributed by atoms with E-state index in [1.165, 1.54) is 41.9 Å². The van der Waals surface area contributed by atoms with Crippen molar-refractivity contribution in [1.29, 1.82) is 0 Å². The van der Waals surface area contributed by atoms with E-state index in [2.05, 4.69) is 115 Å². The molecule has 0 aromatic heterocycles. The molecule has 2 aliphatic heterocycles. The van der Waals surface area contributed by atoms with E-state index < -0.39 is 0 Å². The third-order valence-electron chi connectivity index (χ3n) is 9.61. The Morgan fingerprint density at radius 3 is 2.04 bits per heavy atom. The number of anilines is 3. The van der Waals surface area contributed by atoms with E-state index in [0.29, 0.717) is 12.0 Å². The molecule has 2 aliphatic rings. The second kappa shape index (κ2) is 17.0. The first-order chi connectivity index (χ1) is 21.8. The molecule has 1 fully saturated rings. The van der Waals surface area contributed by atoms with E-state index in [9.17, 15) is 0 Å². The highest BCUT2D eigenvalue weighted by atomic mass is 15.5. The normalized spacial score (nSPS) is 18.4. The predicted octanol–water partition coefficient (Wildman–Crippen LogP) is 8.93. The average Bonchev–Trinajstić information content (AvgIpc) is 3.08. The maximum absolute atomic E-state index is 4.66. The molecule has 0 bridgehead atoms. The molecule has 2 unspecified atom stereocenters. The van der Waals surface area contributed by atoms with Gasteiger partial charge in [-0.05, 0) is 106 Å². The van der Waals surface area contributed by atoms with Crippen LogP contribution in [0.1, 0.15) is 72.8 Å². The number of piperazine rings is 1. The monoisotopic (exact) mass is 608 g/mol. The van der Waals surface area contributed by atoms with E-state index in [-0.39, 0.29) is 0 Å². The van der Waals surface area contributed by atoms with Crippen molar-refractivity contribution in [1.82, 2.24) is 5.01 Å². The Labute approximate surface area is 273 Å². The minimum absolute atomic E-state index is 0.374. The number of nitrogens with zero attached hydrogens (tertiary/aromatic N) is 6. The van der Waals surface area contributed by atoms with Crippen LogP contribution < -0.4 is 14.7 Å². The lowest BCUT2D eigenvalue weighted by atomic mass is 9.87. The summed E-state index contributed by atoms with van der Waals surface area (Å²) in [4.78, 5) is 11.8. The minimum Gasteiger partial charge on any atom is -0.368 e. The first-order valence-corrected chi connectivity index (χ1v) is 17.1. The fourth-order valence-corrected chi connectivity index (χ4v) is 6.20. The van der Waals surface area contributed by atoms with Gasteiger partial charge in [-0.1, -0.05) is 58.1 Å². The van der Waals surface area contributed by atoms with Gasteiger partial charge in [-0.3, -0.25) is 10.0 Å². The predicted molar refractivity (Wildman–Crippen MR) is 197 cm³/mol. The molecule has 0 amide bonds. The second-order valence-electron chi connectivity index (χ2n) is 12.8. The van der Waals surface area contributed by atoms with Crippen molar-refractivity contribution >= 4 is 29.1 Å². The molecule has 242 valence electrons. The summed E-state index contributed by atoms with van der Waals surface area (Å²) < 4.78 is 0. The van der Waals surface area contributed by atoms with Crippen LogP contribution in [0.5, 0.6) is 0 Å². The van der Waals surface area contributed by atoms with Crippen molar-refractivity contribution in [3.05, 3.63) is 90.8 Å². The summed E-state index contributed by atoms with van der Waals surface area (Å²) in [5, 5.41) is 6.70. The Morgan fingerprint density at radius 2 is 1.49 bits per heavy atom. The number of benzene rings is 2. The Bertz CT molecular complexity index is 1310. The molecule has 4 rings (SSSR count). The summed E-state index contributed by atoms with van der Waals surface area (Å²) in [5.41, 5.74) is 7.49. The lowest BCUT2D eigenvalue weighted by molar-refractivity contribution is 0.266. The zero-order chi connectivity index (χ0) is 32.2. The molecule has 2 heterocycles. The standard InChI is InChI=1S/C39H56N6/c1-8-11-12-23-40-34(7)31(4)28-35(10-3)13-14-36-15-17-37(18-16-36)42-24-26-43(27-25-42)38-19-21-39(22-20-38)44-29-33(6)45(41-30-44)32(5)9-2/h8,11-12,15-23,30-32,35H,6,9-10,13-14,24-29H2,1-5,7H3/b11-8-,23-12-,40-34+/t31?,32?,35-/m0/s1. The summed E-state index contributed by atoms with van der Waals surface area (Å²) in [6, 6.07) is 18.6. The van der Waals surface area contributed by atoms with E-state index in [4.69, 9.17) is 0 Å². The van der Waals surface area contributed by atoms with E-state index in [1.54, 1.807) is 0 Å². The third-order valence-corrected chi connectivity index (χ3v) is 9.61. The van der Waals surface area contributed by atoms with Gasteiger partial charge in [-0.25, -0.2) is 0 Å². The van der Waals surface area contributed by atoms with E-state index in [1.807, 2.05) is 42.7 Å². The van der Waals surface area contributed by atoms with Gasteiger partial charge in [0, 0.05) is 66.9 Å². The van der Waals surface area contributed by atoms with Gasteiger partial charge in [-0.2, -0.15) is 5.10 Å². The van der Waals surface area contributed by atoms with Crippen LogP contribution in [0.3, 0.4) is 0 Å². The maximum Gasteiger partial charge on any atom is 0.116 e. The van der Waals surface area contributed by atoms with Crippen molar-refractivity contribution in [3.8, 4) is 0 Å². The minimum atomic E-state index is 0.374. The lowest BCUT2D eigenvalue weighted by Crippen LogP contribution is -2.46. The number of hydrogen-bond acceptors (Lipinski definition) is 6. The molecule has 2 aromatic carbocycles. The molecule has 0 spiro atoms. The van der Waals surface area contributed by atoms with Gasteiger partial charge in [0.05, 0.1) is 6.54 Å². The lowest BCUT2D eigenvalue weighted by Gasteiger charge is -2.38. The summed E-state index contributed by atoms with van der Waals surface area (Å²) in [6.45, 7) is 22.4. The van der Waals surface area contributed by atoms with Gasteiger partial charge in [0.2, 0.25) is 0 Å². The van der Waals surface area contributed by atoms with Crippen molar-refractivity contribution in [3.63, 3.8) is 0 Å². The van der Waals surface area contributed by atoms with Crippen molar-refractivity contribution in [2.75, 3.05) is 47.4 Å². The van der Waals surface area contributed by atoms with Crippen LogP contribution in [0, 0.1) is 11.8 Å². The van der Waals surface area contributed by atoms with Crippen LogP contribution >= 0.6 is 0 Å². The van der Waals surface area contributed by atoms with Gasteiger partial charge in [-0.15, -0.1) is 0 Å². The van der Waals surface area contributed by atoms with Gasteiger partial charge in [0.15, 0.2) is 0 Å². The van der Waals surface area contributed by atoms with Crippen molar-refractivity contribution < 1.29 is 0 Å². The van der Waals surface area contributed by atoms with Crippen LogP contribution in [-0.2, 0) is 6.42 Å². The largest absolute Gasteiger partial charge is 0.368 e. The summed E-state index contributed by atoms with van der Waals surface area (Å²) in [6.07, 6.45) is 15.7. The second-order valence-corrected chi connectivity index (χ2v) is 12.8. The quantitative estimate of drug-likeness (QED) is 0.159. The third kappa shape index (κ3) is 9.59. The number of rotatable bonds is 14. The van der Waals surface area contributed by atoms with Gasteiger partial charge < -0.3 is 14.7 Å². The molecule has 6 nitrogen and oxygen atoms in total. The Hall–Kier alpha value is -3.80. The Kier molecular flexibility index (Phi) is 12.9. The Balaban J connectivity index is 1.23. The number of aliphatic imine (C=N–C) groups is 1. The molecule has 0 N–H and O–H groups in total. The van der Waals surface area contributed by atoms with Crippen LogP contribution in [-0.4, -0.2) is 55.8 Å². The molecule has 1 saturated heterocycles. The Morgan fingerprint density at radius 1 is 0.889 bits per heavy atom. The van der Waals surface area contributed by atoms with Crippen LogP contribution in [0.25, 0.3) is 0 Å². The van der Waals surface area contributed by atoms with Gasteiger partial charge in [0.25, 0.3) is 0 Å². The number of hydrogen-bond donors (Lipinski definition) is 0. The number of allylic oxidation sites excluding steroid dienone is 3. The molecule has 2 aromatic rings. The van der Waals surface area contributed by atoms with E-state index in [0.717, 1.165) is 62.9 Å². The molecule has 0 saturated carbocycles. The molecule has 0 aliphatic carbocycles. The topological polar surface area (TPSA) is 37.7 Å². The number of hydrazone groups is 1. The fraction of sp³-hybridized carbons (Fsp3) is 0.487. The van der Waals surface area contributed by atoms with Gasteiger partial charge >= 0.3 is 0 Å². The first kappa shape index (κ1) is 34.1. The molecule has 45 heavy (non-hydrogen) atoms. The molecule has 6 heteroatoms. The summed E-state index contributed by atoms with van der Waals surface area (Å²) in [5.74, 6) is 1.23. The number of aryl methyl sites for hydroxylation is 1. The molecule has 0 radical (unpaired) electrons. The average molecular weight is 609 g/mol. The zero-order valence-corrected chi connectivity index (χ0v) is 28.7. The summed E-state index contributed by atoms with van der Waals surface area (Å²) in [7, 11) is 0. The highest BCUT2D eigenvalue weighted by Crippen LogP contribution is 2.27. The van der Waals surface area contributed by atoms with E-state index >= 15 is 0 Å². The zero-order valence-electron chi connectivity index (χ0n) is 28.7. The SMILES string of the molecule is C=C1CN(c2ccc(N3CCN(c4ccc(CC[C@H](CC)CC(C)/C(C)=N/C=C\C=C/C)cc4)CC3)cc2)C=NN1C(C)CC. The van der Waals surface area contributed by atoms with Gasteiger partial charge in [0.1, 0.15) is 6.34 Å².